The standard InChI is InChI=1S/C16H27N3O/c1-4-12-20-15-13(17)6-7-14(18-15)19-10-5-8-16(2,3)9-11-19/h6-7H,4-5,8-12,17H2,1-3H3. The first-order valence-electron chi connectivity index (χ1n) is 7.66. The molecule has 20 heavy (non-hydrogen) atoms. The molecule has 4 heteroatoms. The van der Waals surface area contributed by atoms with Gasteiger partial charge in [0.05, 0.1) is 12.3 Å². The summed E-state index contributed by atoms with van der Waals surface area (Å²) in [6.45, 7) is 9.56. The van der Waals surface area contributed by atoms with Gasteiger partial charge in [-0.1, -0.05) is 20.8 Å². The lowest BCUT2D eigenvalue weighted by Crippen LogP contribution is -2.26. The van der Waals surface area contributed by atoms with Crippen molar-refractivity contribution in [2.24, 2.45) is 5.41 Å². The lowest BCUT2D eigenvalue weighted by atomic mass is 9.85. The molecule has 2 heterocycles. The Balaban J connectivity index is 2.11. The van der Waals surface area contributed by atoms with E-state index in [1.807, 2.05) is 12.1 Å². The van der Waals surface area contributed by atoms with Crippen LogP contribution in [0.15, 0.2) is 12.1 Å². The van der Waals surface area contributed by atoms with E-state index in [-0.39, 0.29) is 0 Å². The topological polar surface area (TPSA) is 51.4 Å². The molecule has 1 fully saturated rings. The highest BCUT2D eigenvalue weighted by atomic mass is 16.5. The molecular formula is C16H27N3O. The van der Waals surface area contributed by atoms with Gasteiger partial charge in [-0.2, -0.15) is 4.98 Å². The Labute approximate surface area is 122 Å². The molecule has 0 unspecified atom stereocenters. The van der Waals surface area contributed by atoms with Crippen LogP contribution in [-0.4, -0.2) is 24.7 Å². The Bertz CT molecular complexity index is 445. The summed E-state index contributed by atoms with van der Waals surface area (Å²) in [7, 11) is 0. The van der Waals surface area contributed by atoms with Crippen molar-refractivity contribution in [1.82, 2.24) is 4.98 Å². The van der Waals surface area contributed by atoms with Gasteiger partial charge in [0.25, 0.3) is 0 Å². The van der Waals surface area contributed by atoms with E-state index in [1.165, 1.54) is 19.3 Å². The normalized spacial score (nSPS) is 18.6. The minimum Gasteiger partial charge on any atom is -0.476 e. The number of aromatic nitrogens is 1. The highest BCUT2D eigenvalue weighted by molar-refractivity contribution is 5.54. The van der Waals surface area contributed by atoms with Crippen LogP contribution in [0.2, 0.25) is 0 Å². The number of anilines is 2. The molecule has 1 aliphatic heterocycles. The van der Waals surface area contributed by atoms with Gasteiger partial charge in [-0.25, -0.2) is 0 Å². The van der Waals surface area contributed by atoms with Crippen LogP contribution < -0.4 is 15.4 Å². The zero-order valence-electron chi connectivity index (χ0n) is 13.0. The van der Waals surface area contributed by atoms with Gasteiger partial charge in [-0.15, -0.1) is 0 Å². The monoisotopic (exact) mass is 277 g/mol. The van der Waals surface area contributed by atoms with Crippen LogP contribution in [0.5, 0.6) is 5.88 Å². The number of hydrogen-bond donors (Lipinski definition) is 1. The van der Waals surface area contributed by atoms with Crippen LogP contribution in [0.25, 0.3) is 0 Å². The van der Waals surface area contributed by atoms with Gasteiger partial charge in [0.15, 0.2) is 0 Å². The summed E-state index contributed by atoms with van der Waals surface area (Å²) in [5.74, 6) is 1.57. The maximum atomic E-state index is 5.93. The number of rotatable bonds is 4. The second kappa shape index (κ2) is 6.33. The lowest BCUT2D eigenvalue weighted by Gasteiger charge is -2.24. The van der Waals surface area contributed by atoms with Gasteiger partial charge in [-0.05, 0) is 43.2 Å². The van der Waals surface area contributed by atoms with E-state index in [4.69, 9.17) is 10.5 Å². The second-order valence-corrected chi connectivity index (χ2v) is 6.42. The molecule has 0 aromatic carbocycles. The van der Waals surface area contributed by atoms with Gasteiger partial charge in [0.2, 0.25) is 5.88 Å². The molecule has 1 saturated heterocycles. The van der Waals surface area contributed by atoms with Crippen molar-refractivity contribution in [3.8, 4) is 5.88 Å². The predicted molar refractivity (Wildman–Crippen MR) is 84.3 cm³/mol. The number of pyridine rings is 1. The van der Waals surface area contributed by atoms with Gasteiger partial charge < -0.3 is 15.4 Å². The first kappa shape index (κ1) is 14.9. The molecule has 0 radical (unpaired) electrons. The minimum absolute atomic E-state index is 0.435. The van der Waals surface area contributed by atoms with E-state index >= 15 is 0 Å². The number of nitrogens with two attached hydrogens (primary N) is 1. The first-order valence-corrected chi connectivity index (χ1v) is 7.66. The summed E-state index contributed by atoms with van der Waals surface area (Å²) in [6, 6.07) is 3.91. The molecule has 2 N–H and O–H groups in total. The molecule has 0 spiro atoms. The molecule has 0 aliphatic carbocycles. The molecule has 0 atom stereocenters. The summed E-state index contributed by atoms with van der Waals surface area (Å²) >= 11 is 0. The fourth-order valence-electron chi connectivity index (χ4n) is 2.58. The molecule has 0 saturated carbocycles. The Morgan fingerprint density at radius 3 is 2.85 bits per heavy atom. The van der Waals surface area contributed by atoms with Crippen molar-refractivity contribution in [3.63, 3.8) is 0 Å². The fraction of sp³-hybridized carbons (Fsp3) is 0.688. The highest BCUT2D eigenvalue weighted by Crippen LogP contribution is 2.32. The van der Waals surface area contributed by atoms with E-state index < -0.39 is 0 Å². The molecule has 1 aromatic rings. The zero-order chi connectivity index (χ0) is 14.6. The minimum atomic E-state index is 0.435. The number of ether oxygens (including phenoxy) is 1. The molecule has 1 aromatic heterocycles. The largest absolute Gasteiger partial charge is 0.476 e. The zero-order valence-corrected chi connectivity index (χ0v) is 13.0. The first-order chi connectivity index (χ1) is 9.52. The Morgan fingerprint density at radius 1 is 1.30 bits per heavy atom. The van der Waals surface area contributed by atoms with Gasteiger partial charge in [0, 0.05) is 13.1 Å². The second-order valence-electron chi connectivity index (χ2n) is 6.42. The van der Waals surface area contributed by atoms with Crippen molar-refractivity contribution in [2.75, 3.05) is 30.3 Å². The summed E-state index contributed by atoms with van der Waals surface area (Å²) in [6.07, 6.45) is 4.65. The average molecular weight is 277 g/mol. The van der Waals surface area contributed by atoms with E-state index in [0.717, 1.165) is 25.3 Å². The molecule has 2 rings (SSSR count). The van der Waals surface area contributed by atoms with Crippen molar-refractivity contribution < 1.29 is 4.74 Å². The molecule has 0 amide bonds. The SMILES string of the molecule is CCCOc1nc(N2CCCC(C)(C)CC2)ccc1N. The average Bonchev–Trinajstić information content (AvgIpc) is 2.59. The smallest absolute Gasteiger partial charge is 0.239 e. The van der Waals surface area contributed by atoms with Crippen LogP contribution in [0, 0.1) is 5.41 Å². The lowest BCUT2D eigenvalue weighted by molar-refractivity contribution is 0.307. The summed E-state index contributed by atoms with van der Waals surface area (Å²) in [5.41, 5.74) is 6.98. The molecule has 112 valence electrons. The van der Waals surface area contributed by atoms with E-state index in [1.54, 1.807) is 0 Å². The van der Waals surface area contributed by atoms with E-state index in [9.17, 15) is 0 Å². The summed E-state index contributed by atoms with van der Waals surface area (Å²) < 4.78 is 5.63. The van der Waals surface area contributed by atoms with Crippen LogP contribution >= 0.6 is 0 Å². The van der Waals surface area contributed by atoms with Crippen LogP contribution in [0.3, 0.4) is 0 Å². The van der Waals surface area contributed by atoms with E-state index in [0.29, 0.717) is 23.6 Å². The van der Waals surface area contributed by atoms with E-state index in [2.05, 4.69) is 30.7 Å². The van der Waals surface area contributed by atoms with Crippen molar-refractivity contribution in [2.45, 2.75) is 46.5 Å². The third-order valence-corrected chi connectivity index (χ3v) is 3.98. The van der Waals surface area contributed by atoms with Crippen molar-refractivity contribution >= 4 is 11.5 Å². The summed E-state index contributed by atoms with van der Waals surface area (Å²) in [5, 5.41) is 0. The highest BCUT2D eigenvalue weighted by Gasteiger charge is 2.23. The molecule has 4 nitrogen and oxygen atoms in total. The third kappa shape index (κ3) is 3.78. The Morgan fingerprint density at radius 2 is 2.10 bits per heavy atom. The van der Waals surface area contributed by atoms with Crippen molar-refractivity contribution in [3.05, 3.63) is 12.1 Å². The van der Waals surface area contributed by atoms with Crippen molar-refractivity contribution in [1.29, 1.82) is 0 Å². The van der Waals surface area contributed by atoms with Crippen LogP contribution in [-0.2, 0) is 0 Å². The number of nitrogens with zero attached hydrogens (tertiary/aromatic N) is 2. The summed E-state index contributed by atoms with van der Waals surface area (Å²) in [4.78, 5) is 6.96. The molecule has 0 bridgehead atoms. The Kier molecular flexibility index (Phi) is 4.73. The fourth-order valence-corrected chi connectivity index (χ4v) is 2.58. The quantitative estimate of drug-likeness (QED) is 0.915. The maximum absolute atomic E-state index is 5.93. The Hall–Kier alpha value is -1.45. The third-order valence-electron chi connectivity index (χ3n) is 3.98. The number of nitrogen functional groups attached to an aromatic ring is 1. The maximum Gasteiger partial charge on any atom is 0.239 e. The van der Waals surface area contributed by atoms with Crippen LogP contribution in [0.1, 0.15) is 46.5 Å². The molecular weight excluding hydrogens is 250 g/mol. The predicted octanol–water partition coefficient (Wildman–Crippen LogP) is 3.47. The van der Waals surface area contributed by atoms with Gasteiger partial charge in [-0.3, -0.25) is 0 Å². The van der Waals surface area contributed by atoms with Gasteiger partial charge in [0.1, 0.15) is 5.82 Å². The van der Waals surface area contributed by atoms with Gasteiger partial charge >= 0.3 is 0 Å². The molecule has 1 aliphatic rings. The number of hydrogen-bond acceptors (Lipinski definition) is 4. The van der Waals surface area contributed by atoms with Crippen LogP contribution in [0.4, 0.5) is 11.5 Å².